The SMILES string of the molecule is C=C/C=C\C=C(/c1ccccc1)N(c1ccc2c(c1)C(C)(C)c1ccccc1-2)c1ccc2oc3ccc(N(c4ccc5c(c4)C(C)(C)c4ccccc4-5)c4ccccc4-c4ccccc4)c4cccc(c5cccc1c25)c34. The molecule has 77 heavy (non-hydrogen) atoms. The van der Waals surface area contributed by atoms with Gasteiger partial charge in [0.15, 0.2) is 0 Å². The second-order valence-corrected chi connectivity index (χ2v) is 21.6. The second kappa shape index (κ2) is 17.9. The summed E-state index contributed by atoms with van der Waals surface area (Å²) in [6.07, 6.45) is 8.13. The molecule has 1 heterocycles. The summed E-state index contributed by atoms with van der Waals surface area (Å²) in [6.45, 7) is 13.5. The van der Waals surface area contributed by atoms with E-state index in [4.69, 9.17) is 4.42 Å². The Labute approximate surface area is 450 Å². The van der Waals surface area contributed by atoms with Crippen LogP contribution in [-0.2, 0) is 10.8 Å². The Balaban J connectivity index is 1.01. The van der Waals surface area contributed by atoms with Crippen LogP contribution in [0.3, 0.4) is 0 Å². The normalized spacial score (nSPS) is 14.0. The minimum absolute atomic E-state index is 0.180. The summed E-state index contributed by atoms with van der Waals surface area (Å²) < 4.78 is 7.32. The van der Waals surface area contributed by atoms with E-state index in [9.17, 15) is 0 Å². The number of anilines is 5. The monoisotopic (exact) mass is 988 g/mol. The van der Waals surface area contributed by atoms with Gasteiger partial charge in [0.2, 0.25) is 0 Å². The molecule has 0 spiro atoms. The Kier molecular flexibility index (Phi) is 10.7. The molecule has 0 bridgehead atoms. The number of para-hydroxylation sites is 1. The van der Waals surface area contributed by atoms with Crippen molar-refractivity contribution in [3.8, 4) is 33.4 Å². The van der Waals surface area contributed by atoms with Gasteiger partial charge in [-0.15, -0.1) is 0 Å². The smallest absolute Gasteiger partial charge is 0.136 e. The van der Waals surface area contributed by atoms with E-state index in [1.807, 2.05) is 12.2 Å². The predicted octanol–water partition coefficient (Wildman–Crippen LogP) is 20.6. The Morgan fingerprint density at radius 1 is 0.403 bits per heavy atom. The van der Waals surface area contributed by atoms with E-state index in [0.717, 1.165) is 94.3 Å². The lowest BCUT2D eigenvalue weighted by Crippen LogP contribution is -2.19. The van der Waals surface area contributed by atoms with Gasteiger partial charge in [0.1, 0.15) is 11.2 Å². The molecule has 0 saturated heterocycles. The molecule has 0 amide bonds. The van der Waals surface area contributed by atoms with Crippen molar-refractivity contribution in [2.45, 2.75) is 38.5 Å². The van der Waals surface area contributed by atoms with Crippen molar-refractivity contribution in [2.24, 2.45) is 0 Å². The van der Waals surface area contributed by atoms with Crippen LogP contribution in [0.5, 0.6) is 0 Å². The number of hydrogen-bond donors (Lipinski definition) is 0. The van der Waals surface area contributed by atoms with E-state index in [0.29, 0.717) is 0 Å². The molecule has 0 radical (unpaired) electrons. The molecule has 0 aliphatic heterocycles. The Hall–Kier alpha value is -9.44. The quantitative estimate of drug-likeness (QED) is 0.127. The van der Waals surface area contributed by atoms with Gasteiger partial charge in [-0.3, -0.25) is 0 Å². The summed E-state index contributed by atoms with van der Waals surface area (Å²) in [6, 6.07) is 84.6. The van der Waals surface area contributed by atoms with Crippen LogP contribution in [-0.4, -0.2) is 0 Å². The number of allylic oxidation sites excluding steroid dienone is 4. The van der Waals surface area contributed by atoms with Gasteiger partial charge in [-0.1, -0.05) is 228 Å². The lowest BCUT2D eigenvalue weighted by Gasteiger charge is -2.31. The van der Waals surface area contributed by atoms with Gasteiger partial charge in [-0.05, 0) is 127 Å². The summed E-state index contributed by atoms with van der Waals surface area (Å²) in [5.41, 5.74) is 21.6. The minimum atomic E-state index is -0.190. The molecular weight excluding hydrogens is 933 g/mol. The van der Waals surface area contributed by atoms with E-state index >= 15 is 0 Å². The zero-order chi connectivity index (χ0) is 52.0. The summed E-state index contributed by atoms with van der Waals surface area (Å²) >= 11 is 0. The van der Waals surface area contributed by atoms with Crippen molar-refractivity contribution in [3.05, 3.63) is 289 Å². The van der Waals surface area contributed by atoms with Crippen molar-refractivity contribution in [1.29, 1.82) is 0 Å². The third-order valence-electron chi connectivity index (χ3n) is 16.6. The molecule has 3 heteroatoms. The van der Waals surface area contributed by atoms with Crippen LogP contribution < -0.4 is 9.80 Å². The van der Waals surface area contributed by atoms with Crippen molar-refractivity contribution in [1.82, 2.24) is 0 Å². The highest BCUT2D eigenvalue weighted by molar-refractivity contribution is 6.27. The van der Waals surface area contributed by atoms with Crippen LogP contribution in [0.1, 0.15) is 55.5 Å². The maximum absolute atomic E-state index is 7.32. The van der Waals surface area contributed by atoms with E-state index in [1.165, 1.54) is 44.5 Å². The molecule has 11 aromatic carbocycles. The van der Waals surface area contributed by atoms with E-state index < -0.39 is 0 Å². The van der Waals surface area contributed by atoms with Crippen molar-refractivity contribution in [3.63, 3.8) is 0 Å². The number of nitrogens with zero attached hydrogens (tertiary/aromatic N) is 2. The average molecular weight is 989 g/mol. The molecule has 0 saturated carbocycles. The zero-order valence-electron chi connectivity index (χ0n) is 43.8. The first kappa shape index (κ1) is 46.1. The van der Waals surface area contributed by atoms with Gasteiger partial charge in [0.05, 0.1) is 22.8 Å². The average Bonchev–Trinajstić information content (AvgIpc) is 4.04. The molecule has 3 nitrogen and oxygen atoms in total. The standard InChI is InChI=1S/C74H56N2O/c1-6-7-10-36-65(49-25-13-9-14-26-49)75(50-38-40-55-53-28-15-18-34-61(53)73(2,3)63(55)46-50)67-42-44-69-71-57(30-21-32-59(67)71)58-31-22-33-60-68(43-45-70(77-69)72(58)60)76(66-37-20-17-27-52(66)48-23-11-8-12-24-48)51-39-41-56-54-29-16-19-35-62(54)74(4,5)64(56)47-51/h6-47H,1H2,2-5H3/b10-7-,65-36+. The number of fused-ring (bicyclic) bond motifs is 7. The van der Waals surface area contributed by atoms with E-state index in [2.05, 4.69) is 287 Å². The molecule has 0 atom stereocenters. The first-order valence-corrected chi connectivity index (χ1v) is 26.8. The summed E-state index contributed by atoms with van der Waals surface area (Å²) in [7, 11) is 0. The highest BCUT2D eigenvalue weighted by atomic mass is 16.3. The molecule has 0 unspecified atom stereocenters. The first-order chi connectivity index (χ1) is 37.7. The molecule has 2 aliphatic carbocycles. The van der Waals surface area contributed by atoms with Gasteiger partial charge in [-0.2, -0.15) is 0 Å². The number of hydrogen-bond acceptors (Lipinski definition) is 3. The van der Waals surface area contributed by atoms with Crippen LogP contribution in [0.25, 0.3) is 82.6 Å². The maximum atomic E-state index is 7.32. The van der Waals surface area contributed by atoms with Gasteiger partial charge in [0, 0.05) is 49.3 Å². The summed E-state index contributed by atoms with van der Waals surface area (Å²) in [4.78, 5) is 4.92. The van der Waals surface area contributed by atoms with Crippen LogP contribution in [0.4, 0.5) is 28.4 Å². The topological polar surface area (TPSA) is 19.6 Å². The molecule has 12 aromatic rings. The highest BCUT2D eigenvalue weighted by Gasteiger charge is 2.38. The molecule has 14 rings (SSSR count). The van der Waals surface area contributed by atoms with Crippen molar-refractivity contribution < 1.29 is 4.42 Å². The highest BCUT2D eigenvalue weighted by Crippen LogP contribution is 2.54. The Morgan fingerprint density at radius 2 is 0.896 bits per heavy atom. The maximum Gasteiger partial charge on any atom is 0.136 e. The fourth-order valence-corrected chi connectivity index (χ4v) is 13.0. The van der Waals surface area contributed by atoms with Gasteiger partial charge >= 0.3 is 0 Å². The first-order valence-electron chi connectivity index (χ1n) is 26.8. The van der Waals surface area contributed by atoms with Gasteiger partial charge < -0.3 is 14.2 Å². The molecule has 2 aliphatic rings. The lowest BCUT2D eigenvalue weighted by molar-refractivity contribution is 0.660. The van der Waals surface area contributed by atoms with Crippen LogP contribution in [0.2, 0.25) is 0 Å². The molecular formula is C74H56N2O. The third-order valence-corrected chi connectivity index (χ3v) is 16.6. The van der Waals surface area contributed by atoms with Crippen LogP contribution in [0, 0.1) is 0 Å². The third kappa shape index (κ3) is 7.18. The fraction of sp³-hybridized carbons (Fsp3) is 0.0811. The predicted molar refractivity (Wildman–Crippen MR) is 326 cm³/mol. The molecule has 368 valence electrons. The minimum Gasteiger partial charge on any atom is -0.456 e. The van der Waals surface area contributed by atoms with Gasteiger partial charge in [-0.25, -0.2) is 0 Å². The van der Waals surface area contributed by atoms with E-state index in [-0.39, 0.29) is 10.8 Å². The Morgan fingerprint density at radius 3 is 1.52 bits per heavy atom. The molecule has 1 aromatic heterocycles. The van der Waals surface area contributed by atoms with Gasteiger partial charge in [0.25, 0.3) is 0 Å². The number of rotatable bonds is 10. The van der Waals surface area contributed by atoms with Crippen LogP contribution >= 0.6 is 0 Å². The molecule has 0 fully saturated rings. The summed E-state index contributed by atoms with van der Waals surface area (Å²) in [5.74, 6) is 0. The fourth-order valence-electron chi connectivity index (χ4n) is 13.0. The Bertz CT molecular complexity index is 4420. The van der Waals surface area contributed by atoms with Crippen molar-refractivity contribution in [2.75, 3.05) is 9.80 Å². The zero-order valence-corrected chi connectivity index (χ0v) is 43.8. The van der Waals surface area contributed by atoms with Crippen molar-refractivity contribution >= 4 is 77.6 Å². The summed E-state index contributed by atoms with van der Waals surface area (Å²) in [5, 5.41) is 6.57. The number of benzene rings is 11. The van der Waals surface area contributed by atoms with E-state index in [1.54, 1.807) is 0 Å². The largest absolute Gasteiger partial charge is 0.456 e. The second-order valence-electron chi connectivity index (χ2n) is 21.6. The lowest BCUT2D eigenvalue weighted by atomic mass is 9.82. The molecule has 0 N–H and O–H groups in total. The van der Waals surface area contributed by atoms with Crippen LogP contribution in [0.15, 0.2) is 266 Å².